The molecule has 3 nitrogen and oxygen atoms in total. The lowest BCUT2D eigenvalue weighted by atomic mass is 10.0. The van der Waals surface area contributed by atoms with Gasteiger partial charge in [-0.05, 0) is 26.8 Å². The molecule has 0 saturated carbocycles. The van der Waals surface area contributed by atoms with Crippen molar-refractivity contribution in [3.8, 4) is 11.8 Å². The van der Waals surface area contributed by atoms with Crippen molar-refractivity contribution in [3.05, 3.63) is 29.8 Å². The van der Waals surface area contributed by atoms with Gasteiger partial charge in [0.05, 0.1) is 13.2 Å². The number of methoxy groups -OCH3 is 1. The third kappa shape index (κ3) is 3.25. The number of nitriles is 1. The number of rotatable bonds is 3. The molecule has 1 unspecified atom stereocenters. The first-order valence-electron chi connectivity index (χ1n) is 5.28. The Hall–Kier alpha value is -1.53. The van der Waals surface area contributed by atoms with Gasteiger partial charge in [-0.25, -0.2) is 0 Å². The summed E-state index contributed by atoms with van der Waals surface area (Å²) in [5, 5.41) is 12.5. The van der Waals surface area contributed by atoms with E-state index in [1.807, 2.05) is 45.0 Å². The fraction of sp³-hybridized carbons (Fsp3) is 0.462. The number of nitrogens with one attached hydrogen (secondary N) is 1. The average molecular weight is 218 g/mol. The minimum Gasteiger partial charge on any atom is -0.496 e. The summed E-state index contributed by atoms with van der Waals surface area (Å²) < 4.78 is 5.25. The van der Waals surface area contributed by atoms with Crippen LogP contribution in [0.5, 0.6) is 5.75 Å². The molecule has 0 aromatic heterocycles. The van der Waals surface area contributed by atoms with Gasteiger partial charge in [-0.3, -0.25) is 5.32 Å². The Bertz CT molecular complexity index is 388. The molecule has 1 N–H and O–H groups in total. The number of ether oxygens (including phenoxy) is 1. The maximum absolute atomic E-state index is 9.19. The Balaban J connectivity index is 3.01. The van der Waals surface area contributed by atoms with Gasteiger partial charge < -0.3 is 4.74 Å². The number of benzene rings is 1. The highest BCUT2D eigenvalue weighted by Crippen LogP contribution is 2.25. The molecule has 16 heavy (non-hydrogen) atoms. The van der Waals surface area contributed by atoms with Crippen LogP contribution in [0.2, 0.25) is 0 Å². The fourth-order valence-electron chi connectivity index (χ4n) is 1.52. The summed E-state index contributed by atoms with van der Waals surface area (Å²) in [6.07, 6.45) is 0. The minimum atomic E-state index is -0.351. The molecule has 3 heteroatoms. The highest BCUT2D eigenvalue weighted by Gasteiger charge is 2.20. The minimum absolute atomic E-state index is 0.110. The van der Waals surface area contributed by atoms with E-state index in [1.165, 1.54) is 0 Å². The van der Waals surface area contributed by atoms with Crippen LogP contribution in [0.4, 0.5) is 0 Å². The van der Waals surface area contributed by atoms with Crippen molar-refractivity contribution in [2.75, 3.05) is 7.11 Å². The third-order valence-corrected chi connectivity index (χ3v) is 2.16. The van der Waals surface area contributed by atoms with Gasteiger partial charge in [0.25, 0.3) is 0 Å². The second-order valence-corrected chi connectivity index (χ2v) is 4.70. The molecule has 0 aliphatic rings. The molecule has 1 aromatic carbocycles. The molecule has 0 heterocycles. The van der Waals surface area contributed by atoms with Gasteiger partial charge in [-0.1, -0.05) is 18.2 Å². The molecule has 0 radical (unpaired) electrons. The smallest absolute Gasteiger partial charge is 0.125 e. The molecule has 0 spiro atoms. The molecule has 0 aliphatic carbocycles. The normalized spacial score (nSPS) is 12.9. The van der Waals surface area contributed by atoms with E-state index in [4.69, 9.17) is 4.74 Å². The Labute approximate surface area is 97.0 Å². The highest BCUT2D eigenvalue weighted by molar-refractivity contribution is 5.38. The lowest BCUT2D eigenvalue weighted by Crippen LogP contribution is -2.38. The highest BCUT2D eigenvalue weighted by atomic mass is 16.5. The predicted molar refractivity (Wildman–Crippen MR) is 64.2 cm³/mol. The molecular formula is C13H18N2O. The average Bonchev–Trinajstić information content (AvgIpc) is 2.24. The summed E-state index contributed by atoms with van der Waals surface area (Å²) in [6.45, 7) is 6.10. The standard InChI is InChI=1S/C13H18N2O/c1-13(2,3)15-11(9-14)10-7-5-6-8-12(10)16-4/h5-8,11,15H,1-4H3. The van der Waals surface area contributed by atoms with Crippen LogP contribution in [-0.4, -0.2) is 12.6 Å². The van der Waals surface area contributed by atoms with E-state index in [-0.39, 0.29) is 11.6 Å². The number of hydrogen-bond acceptors (Lipinski definition) is 3. The van der Waals surface area contributed by atoms with Gasteiger partial charge in [0.15, 0.2) is 0 Å². The van der Waals surface area contributed by atoms with Crippen molar-refractivity contribution in [1.82, 2.24) is 5.32 Å². The Morgan fingerprint density at radius 3 is 2.44 bits per heavy atom. The van der Waals surface area contributed by atoms with Crippen molar-refractivity contribution >= 4 is 0 Å². The summed E-state index contributed by atoms with van der Waals surface area (Å²) >= 11 is 0. The molecule has 0 aliphatic heterocycles. The van der Waals surface area contributed by atoms with Gasteiger partial charge in [-0.15, -0.1) is 0 Å². The second-order valence-electron chi connectivity index (χ2n) is 4.70. The summed E-state index contributed by atoms with van der Waals surface area (Å²) in [7, 11) is 1.62. The SMILES string of the molecule is COc1ccccc1C(C#N)NC(C)(C)C. The Kier molecular flexibility index (Phi) is 3.92. The first-order chi connectivity index (χ1) is 7.48. The van der Waals surface area contributed by atoms with E-state index in [9.17, 15) is 5.26 Å². The molecule has 1 rings (SSSR count). The van der Waals surface area contributed by atoms with Gasteiger partial charge in [0, 0.05) is 11.1 Å². The first kappa shape index (κ1) is 12.5. The van der Waals surface area contributed by atoms with Crippen LogP contribution < -0.4 is 10.1 Å². The first-order valence-corrected chi connectivity index (χ1v) is 5.28. The number of para-hydroxylation sites is 1. The topological polar surface area (TPSA) is 45.0 Å². The Morgan fingerprint density at radius 1 is 1.31 bits per heavy atom. The van der Waals surface area contributed by atoms with Crippen LogP contribution in [-0.2, 0) is 0 Å². The largest absolute Gasteiger partial charge is 0.496 e. The zero-order valence-electron chi connectivity index (χ0n) is 10.2. The quantitative estimate of drug-likeness (QED) is 0.848. The van der Waals surface area contributed by atoms with E-state index in [1.54, 1.807) is 7.11 Å². The van der Waals surface area contributed by atoms with Gasteiger partial charge in [0.2, 0.25) is 0 Å². The summed E-state index contributed by atoms with van der Waals surface area (Å²) in [5.74, 6) is 0.741. The van der Waals surface area contributed by atoms with Crippen molar-refractivity contribution in [1.29, 1.82) is 5.26 Å². The van der Waals surface area contributed by atoms with Crippen molar-refractivity contribution in [2.24, 2.45) is 0 Å². The van der Waals surface area contributed by atoms with E-state index >= 15 is 0 Å². The molecule has 0 saturated heterocycles. The summed E-state index contributed by atoms with van der Waals surface area (Å²) in [4.78, 5) is 0. The maximum atomic E-state index is 9.19. The van der Waals surface area contributed by atoms with Crippen LogP contribution in [0.15, 0.2) is 24.3 Å². The lowest BCUT2D eigenvalue weighted by Gasteiger charge is -2.25. The van der Waals surface area contributed by atoms with Gasteiger partial charge in [0.1, 0.15) is 11.8 Å². The fourth-order valence-corrected chi connectivity index (χ4v) is 1.52. The zero-order chi connectivity index (χ0) is 12.2. The predicted octanol–water partition coefficient (Wildman–Crippen LogP) is 2.65. The lowest BCUT2D eigenvalue weighted by molar-refractivity contribution is 0.377. The molecule has 86 valence electrons. The third-order valence-electron chi connectivity index (χ3n) is 2.16. The van der Waals surface area contributed by atoms with Crippen LogP contribution >= 0.6 is 0 Å². The van der Waals surface area contributed by atoms with E-state index in [2.05, 4.69) is 11.4 Å². The number of nitrogens with zero attached hydrogens (tertiary/aromatic N) is 1. The van der Waals surface area contributed by atoms with Crippen LogP contribution in [0, 0.1) is 11.3 Å². The molecule has 0 bridgehead atoms. The van der Waals surface area contributed by atoms with E-state index in [0.29, 0.717) is 0 Å². The van der Waals surface area contributed by atoms with E-state index in [0.717, 1.165) is 11.3 Å². The molecule has 0 amide bonds. The van der Waals surface area contributed by atoms with Crippen molar-refractivity contribution < 1.29 is 4.74 Å². The maximum Gasteiger partial charge on any atom is 0.125 e. The number of hydrogen-bond donors (Lipinski definition) is 1. The molecule has 0 fully saturated rings. The monoisotopic (exact) mass is 218 g/mol. The zero-order valence-corrected chi connectivity index (χ0v) is 10.2. The van der Waals surface area contributed by atoms with Crippen molar-refractivity contribution in [2.45, 2.75) is 32.4 Å². The summed E-state index contributed by atoms with van der Waals surface area (Å²) in [5.41, 5.74) is 0.767. The molecule has 1 atom stereocenters. The molecular weight excluding hydrogens is 200 g/mol. The van der Waals surface area contributed by atoms with Crippen molar-refractivity contribution in [3.63, 3.8) is 0 Å². The summed E-state index contributed by atoms with van der Waals surface area (Å²) in [6, 6.07) is 9.49. The van der Waals surface area contributed by atoms with Crippen LogP contribution in [0.1, 0.15) is 32.4 Å². The Morgan fingerprint density at radius 2 is 1.94 bits per heavy atom. The van der Waals surface area contributed by atoms with E-state index < -0.39 is 0 Å². The van der Waals surface area contributed by atoms with Crippen LogP contribution in [0.25, 0.3) is 0 Å². The van der Waals surface area contributed by atoms with Crippen LogP contribution in [0.3, 0.4) is 0 Å². The second kappa shape index (κ2) is 5.00. The van der Waals surface area contributed by atoms with Gasteiger partial charge >= 0.3 is 0 Å². The molecule has 1 aromatic rings. The van der Waals surface area contributed by atoms with Gasteiger partial charge in [-0.2, -0.15) is 5.26 Å².